The van der Waals surface area contributed by atoms with Gasteiger partial charge in [0.15, 0.2) is 0 Å². The molecule has 0 bridgehead atoms. The number of rotatable bonds is 6. The highest BCUT2D eigenvalue weighted by Crippen LogP contribution is 2.27. The number of hydrogen-bond donors (Lipinski definition) is 0. The highest BCUT2D eigenvalue weighted by molar-refractivity contribution is 7.98. The first-order valence-electron chi connectivity index (χ1n) is 6.80. The van der Waals surface area contributed by atoms with E-state index < -0.39 is 0 Å². The predicted octanol–water partition coefficient (Wildman–Crippen LogP) is 3.07. The topological polar surface area (TPSA) is 20.3 Å². The zero-order chi connectivity index (χ0) is 12.8. The van der Waals surface area contributed by atoms with Crippen LogP contribution in [0.5, 0.6) is 0 Å². The number of Topliss-reactive ketones (excluding diaryl/α,β-unsaturated/α-hetero) is 1. The van der Waals surface area contributed by atoms with Gasteiger partial charge in [-0.25, -0.2) is 0 Å². The van der Waals surface area contributed by atoms with Crippen LogP contribution in [0.2, 0.25) is 0 Å². The summed E-state index contributed by atoms with van der Waals surface area (Å²) in [5.74, 6) is 2.68. The van der Waals surface area contributed by atoms with Crippen molar-refractivity contribution in [3.63, 3.8) is 0 Å². The van der Waals surface area contributed by atoms with Crippen molar-refractivity contribution in [3.8, 4) is 0 Å². The van der Waals surface area contributed by atoms with E-state index in [1.807, 2.05) is 11.8 Å². The van der Waals surface area contributed by atoms with Gasteiger partial charge in [-0.2, -0.15) is 11.8 Å². The number of carbonyl (C=O) groups excluding carboxylic acids is 1. The molecule has 1 saturated carbocycles. The summed E-state index contributed by atoms with van der Waals surface area (Å²) in [6.45, 7) is 5.48. The highest BCUT2D eigenvalue weighted by atomic mass is 32.2. The molecule has 0 saturated heterocycles. The second-order valence-electron chi connectivity index (χ2n) is 5.50. The van der Waals surface area contributed by atoms with Crippen molar-refractivity contribution in [2.75, 3.05) is 25.6 Å². The third-order valence-electron chi connectivity index (χ3n) is 3.99. The Balaban J connectivity index is 2.47. The van der Waals surface area contributed by atoms with Gasteiger partial charge in [0.05, 0.1) is 0 Å². The van der Waals surface area contributed by atoms with Gasteiger partial charge in [-0.15, -0.1) is 0 Å². The highest BCUT2D eigenvalue weighted by Gasteiger charge is 2.28. The van der Waals surface area contributed by atoms with Crippen LogP contribution in [0.3, 0.4) is 0 Å². The summed E-state index contributed by atoms with van der Waals surface area (Å²) in [5, 5.41) is 0. The molecule has 1 fully saturated rings. The monoisotopic (exact) mass is 257 g/mol. The maximum absolute atomic E-state index is 11.9. The molecule has 0 N–H and O–H groups in total. The number of ketones is 1. The van der Waals surface area contributed by atoms with Crippen molar-refractivity contribution in [1.82, 2.24) is 4.90 Å². The maximum Gasteiger partial charge on any atom is 0.137 e. The Morgan fingerprint density at radius 3 is 2.82 bits per heavy atom. The number of nitrogens with zero attached hydrogens (tertiary/aromatic N) is 1. The summed E-state index contributed by atoms with van der Waals surface area (Å²) in [7, 11) is 2.18. The molecule has 0 radical (unpaired) electrons. The molecule has 2 nitrogen and oxygen atoms in total. The Hall–Kier alpha value is -0.0200. The molecule has 100 valence electrons. The summed E-state index contributed by atoms with van der Waals surface area (Å²) >= 11 is 1.90. The molecular weight excluding hydrogens is 230 g/mol. The Bertz CT molecular complexity index is 244. The lowest BCUT2D eigenvalue weighted by Crippen LogP contribution is -2.40. The summed E-state index contributed by atoms with van der Waals surface area (Å²) in [4.78, 5) is 14.3. The van der Waals surface area contributed by atoms with Crippen LogP contribution < -0.4 is 0 Å². The summed E-state index contributed by atoms with van der Waals surface area (Å²) in [6, 6.07) is 0.620. The SMILES string of the molecule is CCC(CSC)N(C)CC1CC(C)CCC1=O. The minimum Gasteiger partial charge on any atom is -0.302 e. The Morgan fingerprint density at radius 2 is 2.24 bits per heavy atom. The number of thioether (sulfide) groups is 1. The molecule has 0 spiro atoms. The van der Waals surface area contributed by atoms with E-state index in [1.165, 1.54) is 12.2 Å². The molecule has 0 aromatic rings. The first-order chi connectivity index (χ1) is 8.08. The van der Waals surface area contributed by atoms with Crippen molar-refractivity contribution in [3.05, 3.63) is 0 Å². The van der Waals surface area contributed by atoms with E-state index in [2.05, 4.69) is 32.1 Å². The van der Waals surface area contributed by atoms with Crippen LogP contribution in [-0.2, 0) is 4.79 Å². The van der Waals surface area contributed by atoms with Gasteiger partial charge in [-0.3, -0.25) is 4.79 Å². The van der Waals surface area contributed by atoms with Gasteiger partial charge < -0.3 is 4.90 Å². The van der Waals surface area contributed by atoms with Gasteiger partial charge in [-0.05, 0) is 38.5 Å². The van der Waals surface area contributed by atoms with Gasteiger partial charge in [0.1, 0.15) is 5.78 Å². The smallest absolute Gasteiger partial charge is 0.137 e. The molecule has 1 aliphatic carbocycles. The van der Waals surface area contributed by atoms with Crippen molar-refractivity contribution in [2.24, 2.45) is 11.8 Å². The van der Waals surface area contributed by atoms with Crippen molar-refractivity contribution in [2.45, 2.75) is 45.6 Å². The summed E-state index contributed by atoms with van der Waals surface area (Å²) in [6.07, 6.45) is 6.33. The second-order valence-corrected chi connectivity index (χ2v) is 6.41. The second kappa shape index (κ2) is 7.42. The van der Waals surface area contributed by atoms with Crippen LogP contribution in [0.25, 0.3) is 0 Å². The molecule has 0 aromatic carbocycles. The molecular formula is C14H27NOS. The van der Waals surface area contributed by atoms with Gasteiger partial charge in [-0.1, -0.05) is 13.8 Å². The molecule has 3 unspecified atom stereocenters. The number of carbonyl (C=O) groups is 1. The van der Waals surface area contributed by atoms with E-state index >= 15 is 0 Å². The van der Waals surface area contributed by atoms with Gasteiger partial charge >= 0.3 is 0 Å². The van der Waals surface area contributed by atoms with E-state index in [-0.39, 0.29) is 0 Å². The molecule has 0 amide bonds. The van der Waals surface area contributed by atoms with Crippen LogP contribution in [-0.4, -0.2) is 42.3 Å². The van der Waals surface area contributed by atoms with E-state index in [0.717, 1.165) is 31.7 Å². The van der Waals surface area contributed by atoms with E-state index in [0.29, 0.717) is 17.7 Å². The van der Waals surface area contributed by atoms with Gasteiger partial charge in [0.2, 0.25) is 0 Å². The molecule has 3 atom stereocenters. The summed E-state index contributed by atoms with van der Waals surface area (Å²) < 4.78 is 0. The first kappa shape index (κ1) is 15.0. The van der Waals surface area contributed by atoms with E-state index in [4.69, 9.17) is 0 Å². The Kier molecular flexibility index (Phi) is 6.57. The van der Waals surface area contributed by atoms with Gasteiger partial charge in [0, 0.05) is 30.7 Å². The van der Waals surface area contributed by atoms with Crippen LogP contribution in [0, 0.1) is 11.8 Å². The quantitative estimate of drug-likeness (QED) is 0.729. The third-order valence-corrected chi connectivity index (χ3v) is 4.71. The van der Waals surface area contributed by atoms with Crippen molar-refractivity contribution in [1.29, 1.82) is 0 Å². The number of hydrogen-bond acceptors (Lipinski definition) is 3. The zero-order valence-corrected chi connectivity index (χ0v) is 12.6. The van der Waals surface area contributed by atoms with Crippen LogP contribution in [0.1, 0.15) is 39.5 Å². The fraction of sp³-hybridized carbons (Fsp3) is 0.929. The van der Waals surface area contributed by atoms with Crippen LogP contribution in [0.4, 0.5) is 0 Å². The lowest BCUT2D eigenvalue weighted by molar-refractivity contribution is -0.126. The maximum atomic E-state index is 11.9. The lowest BCUT2D eigenvalue weighted by Gasteiger charge is -2.33. The van der Waals surface area contributed by atoms with Gasteiger partial charge in [0.25, 0.3) is 0 Å². The van der Waals surface area contributed by atoms with E-state index in [1.54, 1.807) is 0 Å². The average Bonchev–Trinajstić information content (AvgIpc) is 2.30. The third kappa shape index (κ3) is 4.63. The molecule has 0 heterocycles. The normalized spacial score (nSPS) is 27.5. The first-order valence-corrected chi connectivity index (χ1v) is 8.19. The molecule has 1 rings (SSSR count). The molecule has 17 heavy (non-hydrogen) atoms. The largest absolute Gasteiger partial charge is 0.302 e. The standard InChI is InChI=1S/C14H27NOS/c1-5-13(10-17-4)15(3)9-12-8-11(2)6-7-14(12)16/h11-13H,5-10H2,1-4H3. The van der Waals surface area contributed by atoms with Crippen LogP contribution in [0.15, 0.2) is 0 Å². The molecule has 0 aromatic heterocycles. The fourth-order valence-corrected chi connectivity index (χ4v) is 3.62. The average molecular weight is 257 g/mol. The van der Waals surface area contributed by atoms with Crippen molar-refractivity contribution < 1.29 is 4.79 Å². The van der Waals surface area contributed by atoms with Crippen LogP contribution >= 0.6 is 11.8 Å². The van der Waals surface area contributed by atoms with Crippen molar-refractivity contribution >= 4 is 17.5 Å². The van der Waals surface area contributed by atoms with E-state index in [9.17, 15) is 4.79 Å². The fourth-order valence-electron chi connectivity index (χ4n) is 2.75. The Morgan fingerprint density at radius 1 is 1.53 bits per heavy atom. The lowest BCUT2D eigenvalue weighted by atomic mass is 9.81. The molecule has 3 heteroatoms. The zero-order valence-electron chi connectivity index (χ0n) is 11.7. The summed E-state index contributed by atoms with van der Waals surface area (Å²) in [5.41, 5.74) is 0. The minimum absolute atomic E-state index is 0.291. The minimum atomic E-state index is 0.291. The molecule has 1 aliphatic rings. The Labute approximate surface area is 111 Å². The molecule has 0 aliphatic heterocycles. The predicted molar refractivity (Wildman–Crippen MR) is 76.6 cm³/mol.